The fourth-order valence-electron chi connectivity index (χ4n) is 4.02. The molecular weight excluding hydrogens is 489 g/mol. The van der Waals surface area contributed by atoms with Crippen molar-refractivity contribution in [1.29, 1.82) is 0 Å². The van der Waals surface area contributed by atoms with Gasteiger partial charge in [-0.25, -0.2) is 4.39 Å². The van der Waals surface area contributed by atoms with Gasteiger partial charge in [0.25, 0.3) is 5.91 Å². The SMILES string of the molecule is C=c1c(C(=O)NCCCCC(=O)Nc2ccccc2N)c(C)[nH]c1=CN=Nc1c(O)[nH]c2ccc(F)cc12. The van der Waals surface area contributed by atoms with Crippen LogP contribution in [0.5, 0.6) is 5.88 Å². The highest BCUT2D eigenvalue weighted by Crippen LogP contribution is 2.35. The molecule has 0 radical (unpaired) electrons. The monoisotopic (exact) mass is 517 g/mol. The summed E-state index contributed by atoms with van der Waals surface area (Å²) in [4.78, 5) is 30.6. The van der Waals surface area contributed by atoms with Gasteiger partial charge in [-0.15, -0.1) is 5.11 Å². The third-order valence-electron chi connectivity index (χ3n) is 5.96. The van der Waals surface area contributed by atoms with Crippen LogP contribution in [-0.2, 0) is 4.79 Å². The Labute approximate surface area is 217 Å². The van der Waals surface area contributed by atoms with E-state index >= 15 is 0 Å². The molecule has 0 saturated carbocycles. The number of amides is 2. The first-order chi connectivity index (χ1) is 18.2. The van der Waals surface area contributed by atoms with Gasteiger partial charge in [0.15, 0.2) is 5.69 Å². The Hall–Kier alpha value is -4.93. The van der Waals surface area contributed by atoms with E-state index in [9.17, 15) is 19.1 Å². The molecule has 2 amide bonds. The minimum absolute atomic E-state index is 0.100. The van der Waals surface area contributed by atoms with E-state index < -0.39 is 5.82 Å². The van der Waals surface area contributed by atoms with E-state index in [1.165, 1.54) is 24.4 Å². The maximum atomic E-state index is 13.6. The normalized spacial score (nSPS) is 11.9. The zero-order chi connectivity index (χ0) is 27.2. The zero-order valence-corrected chi connectivity index (χ0v) is 20.8. The highest BCUT2D eigenvalue weighted by atomic mass is 19.1. The predicted molar refractivity (Wildman–Crippen MR) is 145 cm³/mol. The molecule has 0 aliphatic rings. The number of nitrogens with zero attached hydrogens (tertiary/aromatic N) is 2. The number of nitrogen functional groups attached to an aromatic ring is 1. The van der Waals surface area contributed by atoms with Crippen molar-refractivity contribution in [2.75, 3.05) is 17.6 Å². The quantitative estimate of drug-likeness (QED) is 0.113. The van der Waals surface area contributed by atoms with Crippen molar-refractivity contribution in [3.8, 4) is 5.88 Å². The van der Waals surface area contributed by atoms with E-state index in [0.717, 1.165) is 0 Å². The highest BCUT2D eigenvalue weighted by Gasteiger charge is 2.14. The second-order valence-corrected chi connectivity index (χ2v) is 8.72. The molecule has 0 aliphatic carbocycles. The van der Waals surface area contributed by atoms with E-state index in [1.807, 2.05) is 0 Å². The standard InChI is InChI=1S/C27H28FN7O3/c1-15-22(14-31-35-25-18-13-17(28)10-11-20(18)34-27(25)38)32-16(2)24(15)26(37)30-12-6-5-9-23(36)33-21-8-4-3-7-19(21)29/h3-4,7-8,10-11,13-14,32,34,38H,1,5-6,9,12,29H2,2H3,(H,30,37)(H,33,36). The maximum absolute atomic E-state index is 13.6. The van der Waals surface area contributed by atoms with Crippen molar-refractivity contribution in [3.05, 3.63) is 70.1 Å². The highest BCUT2D eigenvalue weighted by molar-refractivity contribution is 5.96. The fourth-order valence-corrected chi connectivity index (χ4v) is 4.02. The smallest absolute Gasteiger partial charge is 0.253 e. The number of aromatic hydroxyl groups is 1. The molecule has 2 aromatic carbocycles. The Morgan fingerprint density at radius 1 is 1.18 bits per heavy atom. The number of rotatable bonds is 9. The van der Waals surface area contributed by atoms with E-state index in [2.05, 4.69) is 37.4 Å². The lowest BCUT2D eigenvalue weighted by molar-refractivity contribution is -0.116. The average molecular weight is 518 g/mol. The van der Waals surface area contributed by atoms with Gasteiger partial charge in [-0.2, -0.15) is 5.11 Å². The third kappa shape index (κ3) is 5.89. The first-order valence-electron chi connectivity index (χ1n) is 12.0. The molecule has 4 rings (SSSR count). The first kappa shape index (κ1) is 26.1. The molecule has 0 fully saturated rings. The second kappa shape index (κ2) is 11.4. The molecule has 0 bridgehead atoms. The number of carbonyl (C=O) groups excluding carboxylic acids is 2. The number of aromatic nitrogens is 2. The van der Waals surface area contributed by atoms with Crippen molar-refractivity contribution in [1.82, 2.24) is 15.3 Å². The summed E-state index contributed by atoms with van der Waals surface area (Å²) in [5.74, 6) is -1.14. The number of para-hydroxylation sites is 2. The van der Waals surface area contributed by atoms with Crippen molar-refractivity contribution in [2.24, 2.45) is 10.2 Å². The summed E-state index contributed by atoms with van der Waals surface area (Å²) in [5.41, 5.74) is 8.53. The van der Waals surface area contributed by atoms with E-state index in [1.54, 1.807) is 31.2 Å². The number of halogens is 1. The van der Waals surface area contributed by atoms with Gasteiger partial charge in [0, 0.05) is 29.3 Å². The predicted octanol–water partition coefficient (Wildman–Crippen LogP) is 3.70. The number of anilines is 2. The number of aromatic amines is 2. The summed E-state index contributed by atoms with van der Waals surface area (Å²) < 4.78 is 13.6. The largest absolute Gasteiger partial charge is 0.493 e. The van der Waals surface area contributed by atoms with Crippen LogP contribution in [0.25, 0.3) is 23.7 Å². The van der Waals surface area contributed by atoms with Crippen LogP contribution in [0.3, 0.4) is 0 Å². The summed E-state index contributed by atoms with van der Waals surface area (Å²) >= 11 is 0. The minimum atomic E-state index is -0.465. The van der Waals surface area contributed by atoms with Crippen LogP contribution in [0.15, 0.2) is 52.7 Å². The number of fused-ring (bicyclic) bond motifs is 1. The van der Waals surface area contributed by atoms with Gasteiger partial charge in [0.2, 0.25) is 11.8 Å². The van der Waals surface area contributed by atoms with E-state index in [4.69, 9.17) is 5.73 Å². The number of aryl methyl sites for hydroxylation is 1. The van der Waals surface area contributed by atoms with Gasteiger partial charge < -0.3 is 31.4 Å². The Morgan fingerprint density at radius 3 is 2.76 bits per heavy atom. The lowest BCUT2D eigenvalue weighted by atomic mass is 10.2. The van der Waals surface area contributed by atoms with Gasteiger partial charge >= 0.3 is 0 Å². The fraction of sp³-hybridized carbons (Fsp3) is 0.185. The number of nitrogens with two attached hydrogens (primary N) is 1. The topological polar surface area (TPSA) is 161 Å². The molecule has 11 heteroatoms. The van der Waals surface area contributed by atoms with Crippen LogP contribution >= 0.6 is 0 Å². The van der Waals surface area contributed by atoms with Gasteiger partial charge in [0.05, 0.1) is 34.0 Å². The number of nitrogens with one attached hydrogen (secondary N) is 4. The molecule has 2 heterocycles. The van der Waals surface area contributed by atoms with Gasteiger partial charge in [-0.1, -0.05) is 18.7 Å². The van der Waals surface area contributed by atoms with E-state index in [-0.39, 0.29) is 23.4 Å². The molecule has 0 spiro atoms. The van der Waals surface area contributed by atoms with Gasteiger partial charge in [0.1, 0.15) is 5.82 Å². The Kier molecular flexibility index (Phi) is 7.86. The zero-order valence-electron chi connectivity index (χ0n) is 20.8. The third-order valence-corrected chi connectivity index (χ3v) is 5.96. The number of carbonyl (C=O) groups is 2. The van der Waals surface area contributed by atoms with Crippen LogP contribution in [-0.4, -0.2) is 33.4 Å². The lowest BCUT2D eigenvalue weighted by Crippen LogP contribution is -2.32. The number of hydrogen-bond acceptors (Lipinski definition) is 6. The molecule has 38 heavy (non-hydrogen) atoms. The number of H-pyrrole nitrogens is 2. The van der Waals surface area contributed by atoms with Crippen molar-refractivity contribution in [2.45, 2.75) is 26.2 Å². The molecule has 0 saturated heterocycles. The number of hydrogen-bond donors (Lipinski definition) is 6. The molecule has 0 aliphatic heterocycles. The summed E-state index contributed by atoms with van der Waals surface area (Å²) in [7, 11) is 0. The van der Waals surface area contributed by atoms with Crippen LogP contribution in [0.1, 0.15) is 35.3 Å². The lowest BCUT2D eigenvalue weighted by Gasteiger charge is -2.08. The summed E-state index contributed by atoms with van der Waals surface area (Å²) in [5, 5.41) is 25.0. The van der Waals surface area contributed by atoms with Gasteiger partial charge in [-0.05, 0) is 50.1 Å². The molecule has 2 aromatic heterocycles. The van der Waals surface area contributed by atoms with Crippen molar-refractivity contribution in [3.63, 3.8) is 0 Å². The molecule has 0 unspecified atom stereocenters. The molecule has 196 valence electrons. The van der Waals surface area contributed by atoms with Crippen molar-refractivity contribution >= 4 is 52.6 Å². The Balaban J connectivity index is 1.33. The van der Waals surface area contributed by atoms with Crippen LogP contribution < -0.4 is 26.9 Å². The summed E-state index contributed by atoms with van der Waals surface area (Å²) in [6.07, 6.45) is 2.88. The Bertz CT molecular complexity index is 1640. The molecule has 0 atom stereocenters. The first-order valence-corrected chi connectivity index (χ1v) is 12.0. The maximum Gasteiger partial charge on any atom is 0.253 e. The van der Waals surface area contributed by atoms with Gasteiger partial charge in [-0.3, -0.25) is 9.59 Å². The number of benzene rings is 2. The summed E-state index contributed by atoms with van der Waals surface area (Å²) in [6, 6.07) is 11.1. The molecular formula is C27H28FN7O3. The average Bonchev–Trinajstić information content (AvgIpc) is 3.34. The van der Waals surface area contributed by atoms with Crippen LogP contribution in [0, 0.1) is 12.7 Å². The molecule has 4 aromatic rings. The number of unbranched alkanes of at least 4 members (excludes halogenated alkanes) is 1. The Morgan fingerprint density at radius 2 is 1.97 bits per heavy atom. The van der Waals surface area contributed by atoms with Crippen molar-refractivity contribution < 1.29 is 19.1 Å². The minimum Gasteiger partial charge on any atom is -0.493 e. The van der Waals surface area contributed by atoms with Crippen LogP contribution in [0.4, 0.5) is 21.5 Å². The van der Waals surface area contributed by atoms with Crippen LogP contribution in [0.2, 0.25) is 0 Å². The van der Waals surface area contributed by atoms with E-state index in [0.29, 0.717) is 69.9 Å². The summed E-state index contributed by atoms with van der Waals surface area (Å²) in [6.45, 7) is 6.11. The number of azo groups is 1. The second-order valence-electron chi connectivity index (χ2n) is 8.72. The molecule has 7 N–H and O–H groups in total. The molecule has 10 nitrogen and oxygen atoms in total.